The minimum Gasteiger partial charge on any atom is -0.494 e. The minimum atomic E-state index is -0.964. The summed E-state index contributed by atoms with van der Waals surface area (Å²) < 4.78 is 15.9. The number of carbonyl (C=O) groups is 2. The van der Waals surface area contributed by atoms with Gasteiger partial charge in [0.05, 0.1) is 18.8 Å². The Kier molecular flexibility index (Phi) is 12.1. The lowest BCUT2D eigenvalue weighted by Crippen LogP contribution is -2.17. The second-order valence-electron chi connectivity index (χ2n) is 7.38. The van der Waals surface area contributed by atoms with E-state index in [1.165, 1.54) is 18.2 Å². The average Bonchev–Trinajstić information content (AvgIpc) is 3.43. The fraction of sp³-hybridized carbons (Fsp3) is 0.321. The number of hydrogen-bond donors (Lipinski definition) is 0. The molecule has 3 rings (SSSR count). The number of ether oxygens (including phenoxy) is 2. The highest BCUT2D eigenvalue weighted by Crippen LogP contribution is 2.27. The van der Waals surface area contributed by atoms with Gasteiger partial charge in [0.15, 0.2) is 5.76 Å². The van der Waals surface area contributed by atoms with Crippen molar-refractivity contribution in [3.8, 4) is 34.4 Å². The van der Waals surface area contributed by atoms with Crippen molar-refractivity contribution in [3.05, 3.63) is 60.2 Å². The van der Waals surface area contributed by atoms with Crippen molar-refractivity contribution in [1.29, 1.82) is 5.26 Å². The summed E-state index contributed by atoms with van der Waals surface area (Å²) in [6.45, 7) is 8.50. The average molecular weight is 506 g/mol. The van der Waals surface area contributed by atoms with Crippen molar-refractivity contribution in [2.45, 2.75) is 47.0 Å². The quantitative estimate of drug-likeness (QED) is 0.0991. The number of rotatable bonds is 11. The van der Waals surface area contributed by atoms with E-state index in [-0.39, 0.29) is 12.2 Å². The zero-order chi connectivity index (χ0) is 27.0. The summed E-state index contributed by atoms with van der Waals surface area (Å²) in [6, 6.07) is 17.3. The summed E-state index contributed by atoms with van der Waals surface area (Å²) in [5, 5.41) is 16.3. The molecule has 0 saturated carbocycles. The van der Waals surface area contributed by atoms with Crippen LogP contribution in [0.5, 0.6) is 5.75 Å². The monoisotopic (exact) mass is 505 g/mol. The molecule has 0 aliphatic rings. The Balaban J connectivity index is 0.00000235. The van der Waals surface area contributed by atoms with Crippen LogP contribution < -0.4 is 4.74 Å². The molecule has 3 aromatic rings. The number of nitriles is 1. The topological polar surface area (TPSA) is 124 Å². The molecule has 0 aliphatic carbocycles. The fourth-order valence-corrected chi connectivity index (χ4v) is 3.02. The number of unbranched alkanes of at least 4 members (excludes halogenated alkanes) is 2. The van der Waals surface area contributed by atoms with Gasteiger partial charge in [0.25, 0.3) is 5.71 Å². The van der Waals surface area contributed by atoms with Gasteiger partial charge in [0.1, 0.15) is 17.5 Å². The number of carbonyl (C=O) groups excluding carboxylic acids is 2. The molecule has 9 nitrogen and oxygen atoms in total. The van der Waals surface area contributed by atoms with Crippen molar-refractivity contribution in [3.63, 3.8) is 0 Å². The molecule has 0 fully saturated rings. The molecule has 0 bridgehead atoms. The van der Waals surface area contributed by atoms with Crippen LogP contribution in [0.4, 0.5) is 0 Å². The Morgan fingerprint density at radius 2 is 1.68 bits per heavy atom. The van der Waals surface area contributed by atoms with E-state index in [0.29, 0.717) is 18.1 Å². The second kappa shape index (κ2) is 15.5. The van der Waals surface area contributed by atoms with E-state index in [0.717, 1.165) is 36.1 Å². The van der Waals surface area contributed by atoms with Crippen LogP contribution in [0.25, 0.3) is 22.6 Å². The molecule has 1 aromatic heterocycles. The number of aromatic nitrogens is 1. The van der Waals surface area contributed by atoms with Crippen molar-refractivity contribution >= 4 is 17.7 Å². The largest absolute Gasteiger partial charge is 0.494 e. The molecular formula is C28H31N3O6. The van der Waals surface area contributed by atoms with E-state index < -0.39 is 17.7 Å². The Morgan fingerprint density at radius 1 is 1.00 bits per heavy atom. The molecule has 0 N–H and O–H groups in total. The van der Waals surface area contributed by atoms with Gasteiger partial charge in [-0.1, -0.05) is 56.1 Å². The fourth-order valence-electron chi connectivity index (χ4n) is 3.02. The lowest BCUT2D eigenvalue weighted by molar-refractivity contribution is -0.135. The van der Waals surface area contributed by atoms with Gasteiger partial charge < -0.3 is 18.8 Å². The van der Waals surface area contributed by atoms with Crippen LogP contribution in [-0.2, 0) is 14.4 Å². The van der Waals surface area contributed by atoms with E-state index in [1.807, 2.05) is 38.1 Å². The molecule has 2 aromatic carbocycles. The predicted octanol–water partition coefficient (Wildman–Crippen LogP) is 6.20. The Hall–Kier alpha value is -4.45. The highest BCUT2D eigenvalue weighted by atomic mass is 16.7. The van der Waals surface area contributed by atoms with E-state index in [1.54, 1.807) is 25.1 Å². The Bertz CT molecular complexity index is 1210. The maximum absolute atomic E-state index is 12.2. The number of nitrogens with zero attached hydrogens (tertiary/aromatic N) is 3. The summed E-state index contributed by atoms with van der Waals surface area (Å²) >= 11 is 0. The first kappa shape index (κ1) is 28.8. The lowest BCUT2D eigenvalue weighted by Gasteiger charge is -2.05. The number of benzene rings is 2. The molecular weight excluding hydrogens is 474 g/mol. The van der Waals surface area contributed by atoms with Crippen molar-refractivity contribution in [1.82, 2.24) is 5.16 Å². The first-order chi connectivity index (χ1) is 18.0. The predicted molar refractivity (Wildman–Crippen MR) is 139 cm³/mol. The Labute approximate surface area is 216 Å². The third kappa shape index (κ3) is 8.61. The van der Waals surface area contributed by atoms with Crippen LogP contribution in [0.15, 0.2) is 64.3 Å². The standard InChI is InChI=1S/C26H25N3O6.C2H6/c1-3-5-6-15-33-21-13-11-19(12-14-21)24-16-22(28-34-24)18-7-9-20(10-8-18)25(30)35-29-23(17-27)26(31)32-4-2;1-2/h7-14,16H,3-6,15H2,1-2H3;1-2H3/b29-23+;. The van der Waals surface area contributed by atoms with E-state index in [2.05, 4.69) is 26.8 Å². The van der Waals surface area contributed by atoms with Crippen LogP contribution in [0, 0.1) is 11.3 Å². The van der Waals surface area contributed by atoms with Crippen molar-refractivity contribution in [2.75, 3.05) is 13.2 Å². The third-order valence-electron chi connectivity index (χ3n) is 4.88. The molecule has 0 radical (unpaired) electrons. The zero-order valence-electron chi connectivity index (χ0n) is 21.5. The summed E-state index contributed by atoms with van der Waals surface area (Å²) in [4.78, 5) is 28.4. The molecule has 0 amide bonds. The van der Waals surface area contributed by atoms with Gasteiger partial charge in [-0.25, -0.2) is 9.59 Å². The number of hydrogen-bond acceptors (Lipinski definition) is 9. The molecule has 37 heavy (non-hydrogen) atoms. The van der Waals surface area contributed by atoms with Crippen LogP contribution in [0.2, 0.25) is 0 Å². The van der Waals surface area contributed by atoms with Crippen LogP contribution in [-0.4, -0.2) is 36.0 Å². The van der Waals surface area contributed by atoms with Crippen LogP contribution in [0.3, 0.4) is 0 Å². The summed E-state index contributed by atoms with van der Waals surface area (Å²) in [7, 11) is 0. The second-order valence-corrected chi connectivity index (χ2v) is 7.38. The van der Waals surface area contributed by atoms with Gasteiger partial charge in [-0.05, 0) is 49.7 Å². The van der Waals surface area contributed by atoms with Gasteiger partial charge in [0, 0.05) is 17.2 Å². The maximum Gasteiger partial charge on any atom is 0.371 e. The zero-order valence-corrected chi connectivity index (χ0v) is 21.5. The van der Waals surface area contributed by atoms with E-state index in [4.69, 9.17) is 14.5 Å². The highest BCUT2D eigenvalue weighted by Gasteiger charge is 2.16. The van der Waals surface area contributed by atoms with E-state index in [9.17, 15) is 9.59 Å². The van der Waals surface area contributed by atoms with Gasteiger partial charge >= 0.3 is 11.9 Å². The van der Waals surface area contributed by atoms with E-state index >= 15 is 0 Å². The first-order valence-corrected chi connectivity index (χ1v) is 12.2. The Morgan fingerprint density at radius 3 is 2.30 bits per heavy atom. The molecule has 1 heterocycles. The van der Waals surface area contributed by atoms with Gasteiger partial charge in [-0.15, -0.1) is 0 Å². The first-order valence-electron chi connectivity index (χ1n) is 12.2. The maximum atomic E-state index is 12.2. The van der Waals surface area contributed by atoms with Crippen LogP contribution in [0.1, 0.15) is 57.3 Å². The van der Waals surface area contributed by atoms with Crippen LogP contribution >= 0.6 is 0 Å². The van der Waals surface area contributed by atoms with Gasteiger partial charge in [-0.3, -0.25) is 0 Å². The van der Waals surface area contributed by atoms with Crippen molar-refractivity contribution < 1.29 is 28.4 Å². The van der Waals surface area contributed by atoms with Crippen molar-refractivity contribution in [2.24, 2.45) is 5.16 Å². The SMILES string of the molecule is CC.CCCCCOc1ccc(-c2cc(-c3ccc(C(=O)O/N=C(\C#N)C(=O)OCC)cc3)no2)cc1. The normalized spacial score (nSPS) is 10.5. The smallest absolute Gasteiger partial charge is 0.371 e. The molecule has 0 spiro atoms. The lowest BCUT2D eigenvalue weighted by atomic mass is 10.1. The number of esters is 1. The van der Waals surface area contributed by atoms with Gasteiger partial charge in [0.2, 0.25) is 0 Å². The molecule has 0 aliphatic heterocycles. The molecule has 194 valence electrons. The molecule has 0 atom stereocenters. The molecule has 9 heteroatoms. The number of oxime groups is 1. The highest BCUT2D eigenvalue weighted by molar-refractivity contribution is 6.42. The van der Waals surface area contributed by atoms with Gasteiger partial charge in [-0.2, -0.15) is 5.26 Å². The molecule has 0 saturated heterocycles. The summed E-state index contributed by atoms with van der Waals surface area (Å²) in [6.07, 6.45) is 3.33. The summed E-state index contributed by atoms with van der Waals surface area (Å²) in [5.41, 5.74) is 1.70. The molecule has 0 unspecified atom stereocenters. The summed E-state index contributed by atoms with van der Waals surface area (Å²) in [5.74, 6) is -0.389. The minimum absolute atomic E-state index is 0.0670. The third-order valence-corrected chi connectivity index (χ3v) is 4.88.